The lowest BCUT2D eigenvalue weighted by Gasteiger charge is -2.16. The molecule has 0 unspecified atom stereocenters. The highest BCUT2D eigenvalue weighted by Gasteiger charge is 2.37. The number of hydrogen-bond donors (Lipinski definition) is 2. The molecule has 0 spiro atoms. The molecule has 0 aliphatic rings. The second-order valence-corrected chi connectivity index (χ2v) is 8.37. The summed E-state index contributed by atoms with van der Waals surface area (Å²) in [5.74, 6) is -1.58. The molecule has 3 aromatic rings. The van der Waals surface area contributed by atoms with Gasteiger partial charge in [0.1, 0.15) is 5.69 Å². The Labute approximate surface area is 209 Å². The molecule has 0 fully saturated rings. The molecular formula is C23H22Cl2F3N5O2. The van der Waals surface area contributed by atoms with Gasteiger partial charge in [0.2, 0.25) is 0 Å². The molecule has 0 radical (unpaired) electrons. The van der Waals surface area contributed by atoms with Gasteiger partial charge in [-0.2, -0.15) is 18.3 Å². The van der Waals surface area contributed by atoms with E-state index < -0.39 is 29.4 Å². The van der Waals surface area contributed by atoms with Crippen molar-refractivity contribution in [2.75, 3.05) is 12.4 Å². The van der Waals surface area contributed by atoms with Crippen LogP contribution in [0.25, 0.3) is 5.82 Å². The molecule has 0 saturated heterocycles. The van der Waals surface area contributed by atoms with Crippen LogP contribution in [0.4, 0.5) is 18.9 Å². The summed E-state index contributed by atoms with van der Waals surface area (Å²) in [6.07, 6.45) is -1.75. The number of benzene rings is 1. The van der Waals surface area contributed by atoms with Crippen molar-refractivity contribution in [2.24, 2.45) is 0 Å². The van der Waals surface area contributed by atoms with Gasteiger partial charge >= 0.3 is 6.18 Å². The van der Waals surface area contributed by atoms with Crippen molar-refractivity contribution in [3.8, 4) is 5.82 Å². The van der Waals surface area contributed by atoms with Crippen molar-refractivity contribution in [2.45, 2.75) is 39.3 Å². The Bertz CT molecular complexity index is 1270. The summed E-state index contributed by atoms with van der Waals surface area (Å²) < 4.78 is 41.4. The van der Waals surface area contributed by atoms with Gasteiger partial charge in [-0.25, -0.2) is 9.67 Å². The van der Waals surface area contributed by atoms with E-state index in [-0.39, 0.29) is 27.1 Å². The Balaban J connectivity index is 2.17. The fraction of sp³-hybridized carbons (Fsp3) is 0.304. The minimum atomic E-state index is -4.82. The molecule has 186 valence electrons. The van der Waals surface area contributed by atoms with Gasteiger partial charge in [-0.05, 0) is 42.2 Å². The van der Waals surface area contributed by atoms with Gasteiger partial charge in [0.05, 0.1) is 16.3 Å². The van der Waals surface area contributed by atoms with Crippen molar-refractivity contribution in [3.63, 3.8) is 0 Å². The minimum Gasteiger partial charge on any atom is -0.355 e. The van der Waals surface area contributed by atoms with E-state index in [1.54, 1.807) is 19.1 Å². The van der Waals surface area contributed by atoms with E-state index in [4.69, 9.17) is 23.2 Å². The summed E-state index contributed by atoms with van der Waals surface area (Å²) in [5.41, 5.74) is -0.384. The SMILES string of the molecule is CCCc1ccnc(-n2nc(C(F)(F)F)cc2C(=O)Nc2c(CC)cc(Cl)cc2C(=O)NC)c1Cl. The Morgan fingerprint density at radius 3 is 2.40 bits per heavy atom. The first kappa shape index (κ1) is 26.5. The quantitative estimate of drug-likeness (QED) is 0.411. The highest BCUT2D eigenvalue weighted by Crippen LogP contribution is 2.33. The van der Waals surface area contributed by atoms with Crippen LogP contribution in [0.3, 0.4) is 0 Å². The summed E-state index contributed by atoms with van der Waals surface area (Å²) >= 11 is 12.5. The molecule has 2 aromatic heterocycles. The Morgan fingerprint density at radius 1 is 1.09 bits per heavy atom. The van der Waals surface area contributed by atoms with Crippen molar-refractivity contribution in [1.29, 1.82) is 0 Å². The van der Waals surface area contributed by atoms with Gasteiger partial charge in [0, 0.05) is 24.3 Å². The number of aromatic nitrogens is 3. The highest BCUT2D eigenvalue weighted by molar-refractivity contribution is 6.33. The van der Waals surface area contributed by atoms with E-state index >= 15 is 0 Å². The normalized spacial score (nSPS) is 11.4. The van der Waals surface area contributed by atoms with E-state index in [9.17, 15) is 22.8 Å². The number of rotatable bonds is 7. The maximum atomic E-state index is 13.5. The number of carbonyl (C=O) groups excluding carboxylic acids is 2. The maximum absolute atomic E-state index is 13.5. The molecule has 35 heavy (non-hydrogen) atoms. The van der Waals surface area contributed by atoms with E-state index in [1.165, 1.54) is 19.3 Å². The zero-order chi connectivity index (χ0) is 25.9. The van der Waals surface area contributed by atoms with E-state index in [2.05, 4.69) is 20.7 Å². The number of nitrogens with one attached hydrogen (secondary N) is 2. The van der Waals surface area contributed by atoms with Crippen LogP contribution >= 0.6 is 23.2 Å². The molecular weight excluding hydrogens is 506 g/mol. The molecule has 2 N–H and O–H groups in total. The third-order valence-corrected chi connectivity index (χ3v) is 5.81. The molecule has 2 heterocycles. The summed E-state index contributed by atoms with van der Waals surface area (Å²) in [5, 5.41) is 8.97. The first-order valence-electron chi connectivity index (χ1n) is 10.7. The standard InChI is InChI=1S/C23H22Cl2F3N5O2/c1-4-6-13-7-8-30-20(18(13)25)33-16(11-17(32-33)23(26,27)28)22(35)31-19-12(5-2)9-14(24)10-15(19)21(34)29-3/h7-11H,4-6H2,1-3H3,(H,29,34)(H,31,35). The van der Waals surface area contributed by atoms with Crippen LogP contribution in [0.15, 0.2) is 30.5 Å². The van der Waals surface area contributed by atoms with Crippen molar-refractivity contribution < 1.29 is 22.8 Å². The van der Waals surface area contributed by atoms with Gasteiger partial charge in [-0.1, -0.05) is 43.5 Å². The molecule has 3 rings (SSSR count). The van der Waals surface area contributed by atoms with Crippen LogP contribution in [0.2, 0.25) is 10.0 Å². The third kappa shape index (κ3) is 5.59. The first-order chi connectivity index (χ1) is 16.5. The molecule has 0 aliphatic heterocycles. The maximum Gasteiger partial charge on any atom is 0.435 e. The van der Waals surface area contributed by atoms with Crippen LogP contribution in [0, 0.1) is 0 Å². The van der Waals surface area contributed by atoms with E-state index in [1.807, 2.05) is 6.92 Å². The van der Waals surface area contributed by atoms with Crippen molar-refractivity contribution in [1.82, 2.24) is 20.1 Å². The average molecular weight is 528 g/mol. The number of alkyl halides is 3. The molecule has 12 heteroatoms. The zero-order valence-corrected chi connectivity index (χ0v) is 20.6. The predicted octanol–water partition coefficient (Wildman–Crippen LogP) is 5.72. The summed E-state index contributed by atoms with van der Waals surface area (Å²) in [6.45, 7) is 3.70. The second kappa shape index (κ2) is 10.7. The molecule has 0 saturated carbocycles. The summed E-state index contributed by atoms with van der Waals surface area (Å²) in [4.78, 5) is 29.8. The largest absolute Gasteiger partial charge is 0.435 e. The molecule has 0 atom stereocenters. The fourth-order valence-electron chi connectivity index (χ4n) is 3.51. The molecule has 0 bridgehead atoms. The van der Waals surface area contributed by atoms with E-state index in [0.29, 0.717) is 30.0 Å². The fourth-order valence-corrected chi connectivity index (χ4v) is 4.03. The van der Waals surface area contributed by atoms with Crippen LogP contribution in [-0.2, 0) is 19.0 Å². The van der Waals surface area contributed by atoms with Gasteiger partial charge < -0.3 is 10.6 Å². The van der Waals surface area contributed by atoms with Crippen LogP contribution in [0.1, 0.15) is 57.9 Å². The van der Waals surface area contributed by atoms with Crippen molar-refractivity contribution in [3.05, 3.63) is 68.6 Å². The first-order valence-corrected chi connectivity index (χ1v) is 11.4. The lowest BCUT2D eigenvalue weighted by molar-refractivity contribution is -0.141. The number of carbonyl (C=O) groups is 2. The molecule has 2 amide bonds. The number of pyridine rings is 1. The smallest absolute Gasteiger partial charge is 0.355 e. The van der Waals surface area contributed by atoms with Crippen LogP contribution in [0.5, 0.6) is 0 Å². The Kier molecular flexibility index (Phi) is 8.07. The Morgan fingerprint density at radius 2 is 1.80 bits per heavy atom. The van der Waals surface area contributed by atoms with Gasteiger partial charge in [-0.15, -0.1) is 0 Å². The lowest BCUT2D eigenvalue weighted by atomic mass is 10.0. The number of halogens is 5. The Hall–Kier alpha value is -3.11. The van der Waals surface area contributed by atoms with Gasteiger partial charge in [0.25, 0.3) is 11.8 Å². The number of amides is 2. The summed E-state index contributed by atoms with van der Waals surface area (Å²) in [7, 11) is 1.40. The minimum absolute atomic E-state index is 0.0633. The molecule has 0 aliphatic carbocycles. The number of aryl methyl sites for hydroxylation is 2. The van der Waals surface area contributed by atoms with Gasteiger partial charge in [-0.3, -0.25) is 9.59 Å². The average Bonchev–Trinajstić information content (AvgIpc) is 3.27. The second-order valence-electron chi connectivity index (χ2n) is 7.56. The monoisotopic (exact) mass is 527 g/mol. The van der Waals surface area contributed by atoms with Crippen molar-refractivity contribution >= 4 is 40.7 Å². The van der Waals surface area contributed by atoms with Crippen LogP contribution in [-0.4, -0.2) is 33.6 Å². The highest BCUT2D eigenvalue weighted by atomic mass is 35.5. The van der Waals surface area contributed by atoms with Crippen LogP contribution < -0.4 is 10.6 Å². The summed E-state index contributed by atoms with van der Waals surface area (Å²) in [6, 6.07) is 5.19. The van der Waals surface area contributed by atoms with E-state index in [0.717, 1.165) is 11.1 Å². The van der Waals surface area contributed by atoms with Gasteiger partial charge in [0.15, 0.2) is 11.5 Å². The lowest BCUT2D eigenvalue weighted by Crippen LogP contribution is -2.24. The number of nitrogens with zero attached hydrogens (tertiary/aromatic N) is 3. The zero-order valence-electron chi connectivity index (χ0n) is 19.1. The topological polar surface area (TPSA) is 88.9 Å². The molecule has 1 aromatic carbocycles. The molecule has 7 nitrogen and oxygen atoms in total. The number of anilines is 1. The number of hydrogen-bond acceptors (Lipinski definition) is 4. The predicted molar refractivity (Wildman–Crippen MR) is 128 cm³/mol. The third-order valence-electron chi connectivity index (χ3n) is 5.18.